The lowest BCUT2D eigenvalue weighted by Gasteiger charge is -2.12. The summed E-state index contributed by atoms with van der Waals surface area (Å²) < 4.78 is 4.32. The van der Waals surface area contributed by atoms with Crippen molar-refractivity contribution in [2.75, 3.05) is 24.3 Å². The van der Waals surface area contributed by atoms with Gasteiger partial charge < -0.3 is 10.6 Å². The van der Waals surface area contributed by atoms with E-state index in [1.54, 1.807) is 22.6 Å². The van der Waals surface area contributed by atoms with E-state index in [9.17, 15) is 0 Å². The Bertz CT molecular complexity index is 863. The van der Waals surface area contributed by atoms with E-state index in [-0.39, 0.29) is 0 Å². The summed E-state index contributed by atoms with van der Waals surface area (Å²) >= 11 is 3.51. The van der Waals surface area contributed by atoms with Gasteiger partial charge >= 0.3 is 0 Å². The summed E-state index contributed by atoms with van der Waals surface area (Å²) in [6.45, 7) is 5.84. The Morgan fingerprint density at radius 2 is 2.20 bits per heavy atom. The molecular formula is C17H22BrN6O+. The van der Waals surface area contributed by atoms with Crippen LogP contribution in [-0.2, 0) is 6.54 Å². The van der Waals surface area contributed by atoms with Gasteiger partial charge in [0.1, 0.15) is 18.7 Å². The van der Waals surface area contributed by atoms with Gasteiger partial charge in [0.2, 0.25) is 12.4 Å². The van der Waals surface area contributed by atoms with E-state index < -0.39 is 0 Å². The molecule has 3 aromatic rings. The normalized spacial score (nSPS) is 11.1. The van der Waals surface area contributed by atoms with Crippen molar-refractivity contribution in [2.24, 2.45) is 5.92 Å². The summed E-state index contributed by atoms with van der Waals surface area (Å²) in [5, 5.41) is 11.2. The largest absolute Gasteiger partial charge is 0.370 e. The van der Waals surface area contributed by atoms with Crippen LogP contribution in [0.1, 0.15) is 19.4 Å². The van der Waals surface area contributed by atoms with Crippen LogP contribution in [0, 0.1) is 5.92 Å². The van der Waals surface area contributed by atoms with Crippen molar-refractivity contribution < 1.29 is 9.57 Å². The molecule has 3 rings (SSSR count). The van der Waals surface area contributed by atoms with Crippen molar-refractivity contribution in [3.8, 4) is 0 Å². The molecule has 0 aliphatic carbocycles. The van der Waals surface area contributed by atoms with Gasteiger partial charge in [-0.1, -0.05) is 13.8 Å². The molecule has 25 heavy (non-hydrogen) atoms. The molecule has 8 heteroatoms. The fourth-order valence-electron chi connectivity index (χ4n) is 2.37. The quantitative estimate of drug-likeness (QED) is 0.591. The lowest BCUT2D eigenvalue weighted by atomic mass is 10.2. The number of pyridine rings is 1. The topological polar surface area (TPSA) is 67.4 Å². The molecule has 0 unspecified atom stereocenters. The second kappa shape index (κ2) is 7.69. The number of hydrogen-bond donors (Lipinski definition) is 2. The van der Waals surface area contributed by atoms with Gasteiger partial charge in [-0.25, -0.2) is 4.98 Å². The fraction of sp³-hybridized carbons (Fsp3) is 0.353. The molecule has 0 bridgehead atoms. The van der Waals surface area contributed by atoms with Crippen LogP contribution in [0.4, 0.5) is 11.6 Å². The first-order chi connectivity index (χ1) is 12.1. The minimum Gasteiger partial charge on any atom is -0.370 e. The van der Waals surface area contributed by atoms with Gasteiger partial charge in [0.05, 0.1) is 10.7 Å². The predicted octanol–water partition coefficient (Wildman–Crippen LogP) is 2.52. The van der Waals surface area contributed by atoms with Gasteiger partial charge in [0, 0.05) is 35.5 Å². The third kappa shape index (κ3) is 4.19. The Kier molecular flexibility index (Phi) is 5.37. The predicted molar refractivity (Wildman–Crippen MR) is 100 cm³/mol. The van der Waals surface area contributed by atoms with Crippen LogP contribution >= 0.6 is 15.9 Å². The van der Waals surface area contributed by atoms with Crippen molar-refractivity contribution in [1.29, 1.82) is 0 Å². The van der Waals surface area contributed by atoms with Crippen molar-refractivity contribution in [1.82, 2.24) is 14.6 Å². The molecule has 0 radical (unpaired) electrons. The lowest BCUT2D eigenvalue weighted by Crippen LogP contribution is -2.40. The lowest BCUT2D eigenvalue weighted by molar-refractivity contribution is -0.885. The molecule has 3 aromatic heterocycles. The molecule has 0 saturated heterocycles. The van der Waals surface area contributed by atoms with Crippen LogP contribution in [-0.4, -0.2) is 28.3 Å². The number of rotatable bonds is 7. The van der Waals surface area contributed by atoms with Gasteiger partial charge in [-0.05, 0) is 27.9 Å². The maximum absolute atomic E-state index is 5.20. The van der Waals surface area contributed by atoms with Crippen LogP contribution in [0.2, 0.25) is 0 Å². The molecule has 0 atom stereocenters. The highest BCUT2D eigenvalue weighted by Gasteiger charge is 2.11. The zero-order valence-corrected chi connectivity index (χ0v) is 16.1. The molecular weight excluding hydrogens is 384 g/mol. The average Bonchev–Trinajstić information content (AvgIpc) is 2.99. The zero-order chi connectivity index (χ0) is 17.8. The molecule has 0 aromatic carbocycles. The molecule has 0 amide bonds. The molecule has 0 saturated carbocycles. The minimum atomic E-state index is 0.539. The van der Waals surface area contributed by atoms with Gasteiger partial charge in [-0.3, -0.25) is 4.84 Å². The molecule has 2 N–H and O–H groups in total. The first-order valence-electron chi connectivity index (χ1n) is 8.13. The number of aromatic nitrogens is 4. The maximum Gasteiger partial charge on any atom is 0.227 e. The van der Waals surface area contributed by atoms with E-state index in [1.165, 1.54) is 0 Å². The van der Waals surface area contributed by atoms with Crippen molar-refractivity contribution in [2.45, 2.75) is 20.4 Å². The Balaban J connectivity index is 1.85. The van der Waals surface area contributed by atoms with E-state index in [1.807, 2.05) is 30.6 Å². The molecule has 132 valence electrons. The summed E-state index contributed by atoms with van der Waals surface area (Å²) in [5.74, 6) is 2.23. The van der Waals surface area contributed by atoms with Gasteiger partial charge in [-0.2, -0.15) is 9.61 Å². The number of nitrogens with one attached hydrogen (secondary N) is 2. The molecule has 0 aliphatic heterocycles. The van der Waals surface area contributed by atoms with Crippen molar-refractivity contribution in [3.05, 3.63) is 46.8 Å². The minimum absolute atomic E-state index is 0.539. The maximum atomic E-state index is 5.20. The van der Waals surface area contributed by atoms with Crippen LogP contribution < -0.4 is 20.2 Å². The average molecular weight is 406 g/mol. The van der Waals surface area contributed by atoms with E-state index >= 15 is 0 Å². The standard InChI is InChI=1S/C17H22BrN6O/c1-12(2)8-19-15-7-16(24-17(22-15)14(18)10-21-24)20-9-13-5-4-6-23(11-13)25-3/h4-7,10-12,20H,8-9H2,1-3H3,(H,19,22)/q+1. The Hall–Kier alpha value is -2.35. The number of fused-ring (bicyclic) bond motifs is 1. The highest BCUT2D eigenvalue weighted by molar-refractivity contribution is 9.10. The molecule has 7 nitrogen and oxygen atoms in total. The van der Waals surface area contributed by atoms with E-state index in [4.69, 9.17) is 4.84 Å². The third-order valence-corrected chi connectivity index (χ3v) is 4.20. The van der Waals surface area contributed by atoms with Gasteiger partial charge in [-0.15, -0.1) is 0 Å². The number of halogens is 1. The smallest absolute Gasteiger partial charge is 0.227 e. The third-order valence-electron chi connectivity index (χ3n) is 3.64. The van der Waals surface area contributed by atoms with Crippen LogP contribution in [0.5, 0.6) is 0 Å². The highest BCUT2D eigenvalue weighted by atomic mass is 79.9. The first-order valence-corrected chi connectivity index (χ1v) is 8.93. The Morgan fingerprint density at radius 1 is 1.36 bits per heavy atom. The van der Waals surface area contributed by atoms with Gasteiger partial charge in [0.15, 0.2) is 5.65 Å². The summed E-state index contributed by atoms with van der Waals surface area (Å²) in [4.78, 5) is 9.83. The SMILES string of the molecule is CO[n+]1cccc(CNc2cc(NCC(C)C)nc3c(Br)cnn23)c1. The molecule has 3 heterocycles. The molecule has 0 fully saturated rings. The van der Waals surface area contributed by atoms with Gasteiger partial charge in [0.25, 0.3) is 0 Å². The summed E-state index contributed by atoms with van der Waals surface area (Å²) in [5.41, 5.74) is 1.87. The van der Waals surface area contributed by atoms with E-state index in [0.717, 1.165) is 33.9 Å². The fourth-order valence-corrected chi connectivity index (χ4v) is 2.72. The van der Waals surface area contributed by atoms with Crippen LogP contribution in [0.25, 0.3) is 5.65 Å². The van der Waals surface area contributed by atoms with Crippen molar-refractivity contribution >= 4 is 33.2 Å². The van der Waals surface area contributed by atoms with Crippen molar-refractivity contribution in [3.63, 3.8) is 0 Å². The zero-order valence-electron chi connectivity index (χ0n) is 14.5. The number of hydrogen-bond acceptors (Lipinski definition) is 5. The van der Waals surface area contributed by atoms with Crippen LogP contribution in [0.3, 0.4) is 0 Å². The second-order valence-electron chi connectivity index (χ2n) is 6.14. The molecule has 0 spiro atoms. The first kappa shape index (κ1) is 17.5. The Morgan fingerprint density at radius 3 is 2.96 bits per heavy atom. The highest BCUT2D eigenvalue weighted by Crippen LogP contribution is 2.23. The monoisotopic (exact) mass is 405 g/mol. The summed E-state index contributed by atoms with van der Waals surface area (Å²) in [7, 11) is 1.64. The van der Waals surface area contributed by atoms with Crippen LogP contribution in [0.15, 0.2) is 41.3 Å². The van der Waals surface area contributed by atoms with E-state index in [0.29, 0.717) is 12.5 Å². The number of nitrogens with zero attached hydrogens (tertiary/aromatic N) is 4. The Labute approximate surface area is 155 Å². The second-order valence-corrected chi connectivity index (χ2v) is 6.99. The molecule has 0 aliphatic rings. The summed E-state index contributed by atoms with van der Waals surface area (Å²) in [6.07, 6.45) is 5.54. The summed E-state index contributed by atoms with van der Waals surface area (Å²) in [6, 6.07) is 5.96. The van der Waals surface area contributed by atoms with E-state index in [2.05, 4.69) is 50.5 Å². The number of anilines is 2.